The van der Waals surface area contributed by atoms with Gasteiger partial charge in [0.2, 0.25) is 0 Å². The number of thioether (sulfide) groups is 1. The number of aryl methyl sites for hydroxylation is 1. The molecule has 0 aliphatic heterocycles. The van der Waals surface area contributed by atoms with Gasteiger partial charge in [-0.3, -0.25) is 9.59 Å². The van der Waals surface area contributed by atoms with Crippen molar-refractivity contribution in [1.82, 2.24) is 9.97 Å². The van der Waals surface area contributed by atoms with Crippen LogP contribution in [-0.4, -0.2) is 21.5 Å². The molecule has 0 aliphatic carbocycles. The van der Waals surface area contributed by atoms with E-state index in [4.69, 9.17) is 5.73 Å². The molecule has 0 spiro atoms. The summed E-state index contributed by atoms with van der Waals surface area (Å²) in [6, 6.07) is 1.42. The first-order valence-electron chi connectivity index (χ1n) is 5.21. The van der Waals surface area contributed by atoms with E-state index >= 15 is 0 Å². The second kappa shape index (κ2) is 6.24. The number of ketones is 1. The van der Waals surface area contributed by atoms with Crippen LogP contribution in [0.15, 0.2) is 27.8 Å². The van der Waals surface area contributed by atoms with Crippen molar-refractivity contribution in [2.45, 2.75) is 25.4 Å². The minimum Gasteiger partial charge on any atom is -0.404 e. The van der Waals surface area contributed by atoms with E-state index < -0.39 is 0 Å². The Kier molecular flexibility index (Phi) is 4.96. The van der Waals surface area contributed by atoms with Crippen molar-refractivity contribution in [1.29, 1.82) is 0 Å². The average Bonchev–Trinajstić information content (AvgIpc) is 2.28. The highest BCUT2D eigenvalue weighted by Crippen LogP contribution is 2.16. The predicted octanol–water partition coefficient (Wildman–Crippen LogP) is 0.992. The average molecular weight is 253 g/mol. The van der Waals surface area contributed by atoms with Crippen LogP contribution in [0.1, 0.15) is 19.0 Å². The van der Waals surface area contributed by atoms with Gasteiger partial charge in [0.1, 0.15) is 0 Å². The van der Waals surface area contributed by atoms with Crippen LogP contribution in [0.25, 0.3) is 0 Å². The number of carbonyl (C=O) groups is 1. The molecule has 0 radical (unpaired) electrons. The Morgan fingerprint density at radius 2 is 2.35 bits per heavy atom. The van der Waals surface area contributed by atoms with Gasteiger partial charge in [0.25, 0.3) is 5.56 Å². The second-order valence-corrected chi connectivity index (χ2v) is 4.41. The number of Topliss-reactive ketones (excluding diaryl/α,β-unsaturated/α-hetero) is 1. The van der Waals surface area contributed by atoms with Crippen LogP contribution in [0.4, 0.5) is 0 Å². The second-order valence-electron chi connectivity index (χ2n) is 3.45. The molecule has 0 bridgehead atoms. The maximum Gasteiger partial charge on any atom is 0.251 e. The molecular formula is C11H15N3O2S. The maximum absolute atomic E-state index is 11.4. The normalized spacial score (nSPS) is 11.5. The van der Waals surface area contributed by atoms with Crippen molar-refractivity contribution < 1.29 is 4.79 Å². The van der Waals surface area contributed by atoms with Gasteiger partial charge in [0.15, 0.2) is 10.9 Å². The Labute approximate surface area is 104 Å². The van der Waals surface area contributed by atoms with Crippen molar-refractivity contribution in [3.05, 3.63) is 33.9 Å². The number of hydrogen-bond acceptors (Lipinski definition) is 5. The molecule has 0 unspecified atom stereocenters. The smallest absolute Gasteiger partial charge is 0.251 e. The minimum atomic E-state index is -0.194. The molecule has 0 aliphatic rings. The molecule has 0 aromatic carbocycles. The third-order valence-corrected chi connectivity index (χ3v) is 3.01. The Morgan fingerprint density at radius 1 is 1.65 bits per heavy atom. The molecule has 17 heavy (non-hydrogen) atoms. The Morgan fingerprint density at radius 3 is 2.88 bits per heavy atom. The van der Waals surface area contributed by atoms with E-state index in [2.05, 4.69) is 9.97 Å². The summed E-state index contributed by atoms with van der Waals surface area (Å²) < 4.78 is 0. The monoisotopic (exact) mass is 253 g/mol. The highest BCUT2D eigenvalue weighted by molar-refractivity contribution is 7.99. The van der Waals surface area contributed by atoms with E-state index in [9.17, 15) is 9.59 Å². The number of nitrogens with two attached hydrogens (primary N) is 1. The molecule has 1 aromatic heterocycles. The molecule has 5 nitrogen and oxygen atoms in total. The number of aromatic amines is 1. The lowest BCUT2D eigenvalue weighted by Crippen LogP contribution is -2.10. The fourth-order valence-corrected chi connectivity index (χ4v) is 2.15. The summed E-state index contributed by atoms with van der Waals surface area (Å²) >= 11 is 1.29. The molecule has 1 rings (SSSR count). The van der Waals surface area contributed by atoms with Crippen molar-refractivity contribution >= 4 is 17.5 Å². The fourth-order valence-electron chi connectivity index (χ4n) is 1.21. The molecule has 1 aromatic rings. The number of carbonyl (C=O) groups excluding carboxylic acids is 1. The Hall–Kier alpha value is -1.56. The van der Waals surface area contributed by atoms with Crippen LogP contribution in [0.5, 0.6) is 0 Å². The van der Waals surface area contributed by atoms with Crippen molar-refractivity contribution in [2.75, 3.05) is 5.75 Å². The first kappa shape index (κ1) is 13.5. The number of H-pyrrole nitrogens is 1. The van der Waals surface area contributed by atoms with Crippen LogP contribution in [0.3, 0.4) is 0 Å². The summed E-state index contributed by atoms with van der Waals surface area (Å²) in [5.74, 6) is 0.422. The van der Waals surface area contributed by atoms with Crippen LogP contribution >= 0.6 is 11.8 Å². The Balaban J connectivity index is 2.73. The van der Waals surface area contributed by atoms with E-state index in [0.717, 1.165) is 0 Å². The van der Waals surface area contributed by atoms with Crippen molar-refractivity contribution in [2.24, 2.45) is 5.73 Å². The molecular weight excluding hydrogens is 238 g/mol. The number of hydrogen-bond donors (Lipinski definition) is 2. The summed E-state index contributed by atoms with van der Waals surface area (Å²) in [7, 11) is 0. The van der Waals surface area contributed by atoms with Crippen molar-refractivity contribution in [3.8, 4) is 0 Å². The molecule has 3 N–H and O–H groups in total. The maximum atomic E-state index is 11.4. The van der Waals surface area contributed by atoms with Crippen molar-refractivity contribution in [3.63, 3.8) is 0 Å². The summed E-state index contributed by atoms with van der Waals surface area (Å²) in [6.45, 7) is 3.53. The summed E-state index contributed by atoms with van der Waals surface area (Å²) in [5.41, 5.74) is 6.38. The third kappa shape index (κ3) is 4.07. The molecule has 1 heterocycles. The van der Waals surface area contributed by atoms with Gasteiger partial charge in [0.05, 0.1) is 0 Å². The van der Waals surface area contributed by atoms with E-state index in [-0.39, 0.29) is 11.3 Å². The largest absolute Gasteiger partial charge is 0.404 e. The van der Waals surface area contributed by atoms with Gasteiger partial charge in [-0.1, -0.05) is 18.7 Å². The summed E-state index contributed by atoms with van der Waals surface area (Å²) in [6.07, 6.45) is 1.73. The molecule has 6 heteroatoms. The number of aromatic nitrogens is 2. The van der Waals surface area contributed by atoms with E-state index in [1.54, 1.807) is 13.8 Å². The zero-order chi connectivity index (χ0) is 12.8. The topological polar surface area (TPSA) is 88.8 Å². The fraction of sp³-hybridized carbons (Fsp3) is 0.364. The lowest BCUT2D eigenvalue weighted by atomic mass is 10.2. The number of nitrogens with one attached hydrogen (secondary N) is 1. The molecule has 0 saturated carbocycles. The first-order chi connectivity index (χ1) is 8.06. The summed E-state index contributed by atoms with van der Waals surface area (Å²) in [5, 5.41) is 0.498. The van der Waals surface area contributed by atoms with Gasteiger partial charge in [-0.15, -0.1) is 0 Å². The zero-order valence-electron chi connectivity index (χ0n) is 9.82. The highest BCUT2D eigenvalue weighted by atomic mass is 32.2. The molecule has 0 fully saturated rings. The standard InChI is InChI=1S/C11H15N3O2S/c1-3-9(15)8(5-12)6-17-11-13-7(2)4-10(16)14-11/h4-5H,3,6,12H2,1-2H3,(H,13,14,16). The molecule has 0 amide bonds. The number of nitrogens with zero attached hydrogens (tertiary/aromatic N) is 1. The number of rotatable bonds is 5. The SMILES string of the molecule is CCC(=O)C(=CN)CSc1nc(C)cc(=O)[nH]1. The van der Waals surface area contributed by atoms with E-state index in [1.165, 1.54) is 24.0 Å². The molecule has 0 atom stereocenters. The van der Waals surface area contributed by atoms with E-state index in [0.29, 0.717) is 28.6 Å². The first-order valence-corrected chi connectivity index (χ1v) is 6.20. The zero-order valence-corrected chi connectivity index (χ0v) is 10.6. The lowest BCUT2D eigenvalue weighted by Gasteiger charge is -2.04. The van der Waals surface area contributed by atoms with Gasteiger partial charge in [-0.2, -0.15) is 0 Å². The quantitative estimate of drug-likeness (QED) is 0.464. The van der Waals surface area contributed by atoms with Crippen LogP contribution in [-0.2, 0) is 4.79 Å². The van der Waals surface area contributed by atoms with E-state index in [1.807, 2.05) is 0 Å². The highest BCUT2D eigenvalue weighted by Gasteiger charge is 2.08. The summed E-state index contributed by atoms with van der Waals surface area (Å²) in [4.78, 5) is 29.4. The predicted molar refractivity (Wildman–Crippen MR) is 67.9 cm³/mol. The van der Waals surface area contributed by atoms with Gasteiger partial charge in [-0.25, -0.2) is 4.98 Å². The van der Waals surface area contributed by atoms with Gasteiger partial charge in [0, 0.05) is 35.7 Å². The van der Waals surface area contributed by atoms with Crippen LogP contribution < -0.4 is 11.3 Å². The van der Waals surface area contributed by atoms with Gasteiger partial charge in [-0.05, 0) is 6.92 Å². The van der Waals surface area contributed by atoms with Crippen LogP contribution in [0.2, 0.25) is 0 Å². The molecule has 92 valence electrons. The van der Waals surface area contributed by atoms with Gasteiger partial charge < -0.3 is 10.7 Å². The van der Waals surface area contributed by atoms with Crippen LogP contribution in [0, 0.1) is 6.92 Å². The molecule has 0 saturated heterocycles. The third-order valence-electron chi connectivity index (χ3n) is 2.09. The Bertz CT molecular complexity index is 494. The minimum absolute atomic E-state index is 0.00926. The van der Waals surface area contributed by atoms with Gasteiger partial charge >= 0.3 is 0 Å². The lowest BCUT2D eigenvalue weighted by molar-refractivity contribution is -0.115.